The quantitative estimate of drug-likeness (QED) is 0.901. The zero-order valence-electron chi connectivity index (χ0n) is 12.4. The molecule has 3 rings (SSSR count). The van der Waals surface area contributed by atoms with Gasteiger partial charge in [-0.3, -0.25) is 4.79 Å². The Morgan fingerprint density at radius 2 is 1.96 bits per heavy atom. The number of aromatic hydroxyl groups is 1. The molecule has 6 nitrogen and oxygen atoms in total. The molecule has 0 bridgehead atoms. The molecule has 1 saturated heterocycles. The average Bonchev–Trinajstić information content (AvgIpc) is 2.59. The Kier molecular flexibility index (Phi) is 4.36. The highest BCUT2D eigenvalue weighted by molar-refractivity contribution is 5.94. The Morgan fingerprint density at radius 3 is 2.61 bits per heavy atom. The van der Waals surface area contributed by atoms with Gasteiger partial charge < -0.3 is 15.3 Å². The lowest BCUT2D eigenvalue weighted by Crippen LogP contribution is -2.45. The second kappa shape index (κ2) is 6.60. The van der Waals surface area contributed by atoms with Gasteiger partial charge in [-0.15, -0.1) is 0 Å². The van der Waals surface area contributed by atoms with Crippen molar-refractivity contribution in [1.82, 2.24) is 15.3 Å². The normalized spacial score (nSPS) is 15.4. The van der Waals surface area contributed by atoms with Crippen molar-refractivity contribution in [3.63, 3.8) is 0 Å². The third kappa shape index (κ3) is 3.56. The van der Waals surface area contributed by atoms with Crippen LogP contribution in [0.15, 0.2) is 36.7 Å². The predicted molar refractivity (Wildman–Crippen MR) is 82.8 cm³/mol. The topological polar surface area (TPSA) is 78.4 Å². The SMILES string of the molecule is O=C(NC1CCN(c2ncccn2)CC1)c1ccc(O)c(F)c1. The lowest BCUT2D eigenvalue weighted by atomic mass is 10.0. The summed E-state index contributed by atoms with van der Waals surface area (Å²) in [7, 11) is 0. The standard InChI is InChI=1S/C16H17FN4O2/c17-13-10-11(2-3-14(13)22)15(23)20-12-4-8-21(9-5-12)16-18-6-1-7-19-16/h1-3,6-7,10,12,22H,4-5,8-9H2,(H,20,23). The molecule has 120 valence electrons. The van der Waals surface area contributed by atoms with Crippen molar-refractivity contribution in [2.45, 2.75) is 18.9 Å². The number of rotatable bonds is 3. The lowest BCUT2D eigenvalue weighted by molar-refractivity contribution is 0.0930. The van der Waals surface area contributed by atoms with Gasteiger partial charge in [-0.25, -0.2) is 14.4 Å². The first-order valence-corrected chi connectivity index (χ1v) is 7.45. The van der Waals surface area contributed by atoms with Crippen LogP contribution in [-0.2, 0) is 0 Å². The highest BCUT2D eigenvalue weighted by atomic mass is 19.1. The summed E-state index contributed by atoms with van der Waals surface area (Å²) in [6, 6.07) is 5.42. The maximum Gasteiger partial charge on any atom is 0.251 e. The maximum absolute atomic E-state index is 13.3. The second-order valence-electron chi connectivity index (χ2n) is 5.45. The molecule has 2 heterocycles. The van der Waals surface area contributed by atoms with E-state index in [9.17, 15) is 9.18 Å². The monoisotopic (exact) mass is 316 g/mol. The molecule has 1 aliphatic rings. The predicted octanol–water partition coefficient (Wildman–Crippen LogP) is 1.72. The van der Waals surface area contributed by atoms with Crippen molar-refractivity contribution in [3.8, 4) is 5.75 Å². The summed E-state index contributed by atoms with van der Waals surface area (Å²) < 4.78 is 13.3. The van der Waals surface area contributed by atoms with E-state index in [0.717, 1.165) is 32.0 Å². The first-order valence-electron chi connectivity index (χ1n) is 7.45. The van der Waals surface area contributed by atoms with E-state index in [-0.39, 0.29) is 17.5 Å². The Balaban J connectivity index is 1.56. The van der Waals surface area contributed by atoms with Gasteiger partial charge in [0.2, 0.25) is 5.95 Å². The molecule has 1 aromatic heterocycles. The minimum Gasteiger partial charge on any atom is -0.505 e. The highest BCUT2D eigenvalue weighted by Gasteiger charge is 2.22. The van der Waals surface area contributed by atoms with E-state index in [1.807, 2.05) is 0 Å². The van der Waals surface area contributed by atoms with Crippen molar-refractivity contribution in [2.24, 2.45) is 0 Å². The Labute approximate surface area is 133 Å². The van der Waals surface area contributed by atoms with Crippen LogP contribution in [0, 0.1) is 5.82 Å². The van der Waals surface area contributed by atoms with Gasteiger partial charge in [-0.1, -0.05) is 0 Å². The Bertz CT molecular complexity index is 688. The van der Waals surface area contributed by atoms with Gasteiger partial charge in [0.15, 0.2) is 11.6 Å². The molecule has 0 aliphatic carbocycles. The number of amides is 1. The number of nitrogens with one attached hydrogen (secondary N) is 1. The number of piperidine rings is 1. The summed E-state index contributed by atoms with van der Waals surface area (Å²) in [6.07, 6.45) is 4.94. The van der Waals surface area contributed by atoms with E-state index in [4.69, 9.17) is 5.11 Å². The first-order chi connectivity index (χ1) is 11.1. The number of carbonyl (C=O) groups is 1. The number of aromatic nitrogens is 2. The molecule has 1 amide bonds. The van der Waals surface area contributed by atoms with Gasteiger partial charge in [0.1, 0.15) is 0 Å². The van der Waals surface area contributed by atoms with E-state index >= 15 is 0 Å². The molecule has 1 aromatic carbocycles. The second-order valence-corrected chi connectivity index (χ2v) is 5.45. The van der Waals surface area contributed by atoms with Crippen LogP contribution >= 0.6 is 0 Å². The molecule has 1 fully saturated rings. The van der Waals surface area contributed by atoms with E-state index < -0.39 is 11.6 Å². The fourth-order valence-electron chi connectivity index (χ4n) is 2.60. The third-order valence-electron chi connectivity index (χ3n) is 3.88. The minimum absolute atomic E-state index is 0.0272. The average molecular weight is 316 g/mol. The number of nitrogens with zero attached hydrogens (tertiary/aromatic N) is 3. The molecule has 0 radical (unpaired) electrons. The largest absolute Gasteiger partial charge is 0.505 e. The molecule has 1 aliphatic heterocycles. The smallest absolute Gasteiger partial charge is 0.251 e. The summed E-state index contributed by atoms with van der Waals surface area (Å²) in [6.45, 7) is 1.50. The fraction of sp³-hybridized carbons (Fsp3) is 0.312. The van der Waals surface area contributed by atoms with Gasteiger partial charge in [0.05, 0.1) is 0 Å². The van der Waals surface area contributed by atoms with Crippen LogP contribution < -0.4 is 10.2 Å². The van der Waals surface area contributed by atoms with E-state index in [2.05, 4.69) is 20.2 Å². The van der Waals surface area contributed by atoms with Crippen LogP contribution in [0.5, 0.6) is 5.75 Å². The van der Waals surface area contributed by atoms with Crippen LogP contribution in [0.25, 0.3) is 0 Å². The molecule has 7 heteroatoms. The molecule has 0 unspecified atom stereocenters. The number of phenolic OH excluding ortho intramolecular Hbond substituents is 1. The molecule has 23 heavy (non-hydrogen) atoms. The molecule has 0 saturated carbocycles. The van der Waals surface area contributed by atoms with Crippen LogP contribution in [0.1, 0.15) is 23.2 Å². The van der Waals surface area contributed by atoms with E-state index in [1.165, 1.54) is 12.1 Å². The zero-order valence-corrected chi connectivity index (χ0v) is 12.4. The molecule has 0 atom stereocenters. The molecular formula is C16H17FN4O2. The number of carbonyl (C=O) groups excluding carboxylic acids is 1. The fourth-order valence-corrected chi connectivity index (χ4v) is 2.60. The van der Waals surface area contributed by atoms with Crippen LogP contribution in [-0.4, -0.2) is 40.1 Å². The van der Waals surface area contributed by atoms with Crippen LogP contribution in [0.3, 0.4) is 0 Å². The number of benzene rings is 1. The van der Waals surface area contributed by atoms with Gasteiger partial charge in [-0.2, -0.15) is 0 Å². The van der Waals surface area contributed by atoms with Crippen molar-refractivity contribution in [3.05, 3.63) is 48.0 Å². The van der Waals surface area contributed by atoms with Gasteiger partial charge in [0, 0.05) is 37.1 Å². The minimum atomic E-state index is -0.798. The van der Waals surface area contributed by atoms with Crippen molar-refractivity contribution >= 4 is 11.9 Å². The maximum atomic E-state index is 13.3. The van der Waals surface area contributed by atoms with Crippen molar-refractivity contribution in [1.29, 1.82) is 0 Å². The molecule has 2 aromatic rings. The number of halogens is 1. The van der Waals surface area contributed by atoms with E-state index in [1.54, 1.807) is 18.5 Å². The molecule has 2 N–H and O–H groups in total. The summed E-state index contributed by atoms with van der Waals surface area (Å²) in [5.74, 6) is -0.900. The zero-order chi connectivity index (χ0) is 16.2. The summed E-state index contributed by atoms with van der Waals surface area (Å²) in [5, 5.41) is 12.1. The number of anilines is 1. The highest BCUT2D eigenvalue weighted by Crippen LogP contribution is 2.18. The van der Waals surface area contributed by atoms with Gasteiger partial charge in [-0.05, 0) is 37.1 Å². The first kappa shape index (κ1) is 15.2. The number of hydrogen-bond donors (Lipinski definition) is 2. The third-order valence-corrected chi connectivity index (χ3v) is 3.88. The Hall–Kier alpha value is -2.70. The Morgan fingerprint density at radius 1 is 1.26 bits per heavy atom. The number of hydrogen-bond acceptors (Lipinski definition) is 5. The van der Waals surface area contributed by atoms with Gasteiger partial charge >= 0.3 is 0 Å². The van der Waals surface area contributed by atoms with Crippen molar-refractivity contribution in [2.75, 3.05) is 18.0 Å². The van der Waals surface area contributed by atoms with Gasteiger partial charge in [0.25, 0.3) is 5.91 Å². The van der Waals surface area contributed by atoms with Crippen LogP contribution in [0.4, 0.5) is 10.3 Å². The summed E-state index contributed by atoms with van der Waals surface area (Å²) in [4.78, 5) is 22.6. The number of phenols is 1. The van der Waals surface area contributed by atoms with E-state index in [0.29, 0.717) is 5.95 Å². The van der Waals surface area contributed by atoms with Crippen molar-refractivity contribution < 1.29 is 14.3 Å². The summed E-state index contributed by atoms with van der Waals surface area (Å²) in [5.41, 5.74) is 0.203. The lowest BCUT2D eigenvalue weighted by Gasteiger charge is -2.32. The molecular weight excluding hydrogens is 299 g/mol. The van der Waals surface area contributed by atoms with Crippen LogP contribution in [0.2, 0.25) is 0 Å². The molecule has 0 spiro atoms. The summed E-state index contributed by atoms with van der Waals surface area (Å²) >= 11 is 0.